The maximum absolute atomic E-state index is 13.0. The van der Waals surface area contributed by atoms with E-state index in [0.29, 0.717) is 36.6 Å². The van der Waals surface area contributed by atoms with E-state index in [9.17, 15) is 9.18 Å². The molecule has 0 saturated carbocycles. The Morgan fingerprint density at radius 1 is 1.27 bits per heavy atom. The summed E-state index contributed by atoms with van der Waals surface area (Å²) in [7, 11) is 0. The van der Waals surface area contributed by atoms with Crippen LogP contribution in [0.4, 0.5) is 10.1 Å². The van der Waals surface area contributed by atoms with Crippen LogP contribution in [-0.2, 0) is 16.0 Å². The van der Waals surface area contributed by atoms with Crippen molar-refractivity contribution in [3.63, 3.8) is 0 Å². The van der Waals surface area contributed by atoms with Gasteiger partial charge >= 0.3 is 0 Å². The highest BCUT2D eigenvalue weighted by atomic mass is 19.1. The van der Waals surface area contributed by atoms with Gasteiger partial charge in [-0.05, 0) is 48.9 Å². The lowest BCUT2D eigenvalue weighted by molar-refractivity contribution is -0.264. The number of halogens is 1. The monoisotopic (exact) mass is 359 g/mol. The van der Waals surface area contributed by atoms with Crippen molar-refractivity contribution in [2.75, 3.05) is 18.5 Å². The highest BCUT2D eigenvalue weighted by Gasteiger charge is 2.23. The number of amides is 1. The number of hydrogen-bond donors (Lipinski definition) is 1. The Labute approximate surface area is 152 Å². The third kappa shape index (κ3) is 4.80. The second-order valence-corrected chi connectivity index (χ2v) is 6.22. The Hall–Kier alpha value is -2.44. The predicted octanol–water partition coefficient (Wildman–Crippen LogP) is 4.13. The van der Waals surface area contributed by atoms with Crippen molar-refractivity contribution in [2.45, 2.75) is 32.3 Å². The first kappa shape index (κ1) is 18.4. The summed E-state index contributed by atoms with van der Waals surface area (Å²) in [6.45, 7) is 3.26. The Bertz CT molecular complexity index is 748. The van der Waals surface area contributed by atoms with Gasteiger partial charge in [-0.2, -0.15) is 4.89 Å². The normalized spacial score (nSPS) is 15.8. The predicted molar refractivity (Wildman–Crippen MR) is 95.7 cm³/mol. The molecule has 1 N–H and O–H groups in total. The molecule has 5 nitrogen and oxygen atoms in total. The average molecular weight is 359 g/mol. The van der Waals surface area contributed by atoms with Crippen molar-refractivity contribution >= 4 is 11.6 Å². The summed E-state index contributed by atoms with van der Waals surface area (Å²) < 4.78 is 18.5. The number of unbranched alkanes of at least 4 members (excludes halogenated alkanes) is 1. The van der Waals surface area contributed by atoms with Gasteiger partial charge in [-0.3, -0.25) is 4.79 Å². The van der Waals surface area contributed by atoms with Crippen LogP contribution >= 0.6 is 0 Å². The van der Waals surface area contributed by atoms with Gasteiger partial charge in [0, 0.05) is 29.8 Å². The van der Waals surface area contributed by atoms with E-state index in [-0.39, 0.29) is 17.8 Å². The number of carbonyl (C=O) groups excluding carboxylic acids is 1. The van der Waals surface area contributed by atoms with Crippen LogP contribution in [0.2, 0.25) is 0 Å². The molecule has 0 saturated heterocycles. The van der Waals surface area contributed by atoms with Crippen molar-refractivity contribution in [3.05, 3.63) is 59.4 Å². The molecule has 2 aromatic rings. The number of anilines is 1. The van der Waals surface area contributed by atoms with Gasteiger partial charge in [0.2, 0.25) is 0 Å². The fourth-order valence-electron chi connectivity index (χ4n) is 2.65. The van der Waals surface area contributed by atoms with Crippen LogP contribution in [0.1, 0.15) is 35.7 Å². The molecule has 0 aliphatic carbocycles. The number of fused-ring (bicyclic) bond motifs is 1. The molecule has 1 heterocycles. The summed E-state index contributed by atoms with van der Waals surface area (Å²) in [5.74, 6) is -0.00379. The van der Waals surface area contributed by atoms with Gasteiger partial charge in [0.1, 0.15) is 11.9 Å². The van der Waals surface area contributed by atoms with Crippen LogP contribution in [0.15, 0.2) is 42.5 Å². The fourth-order valence-corrected chi connectivity index (χ4v) is 2.65. The highest BCUT2D eigenvalue weighted by Crippen LogP contribution is 2.27. The Kier molecular flexibility index (Phi) is 6.20. The molecule has 0 radical (unpaired) electrons. The number of carbonyl (C=O) groups is 1. The van der Waals surface area contributed by atoms with E-state index in [4.69, 9.17) is 14.5 Å². The molecule has 0 aromatic heterocycles. The van der Waals surface area contributed by atoms with Crippen LogP contribution in [-0.4, -0.2) is 25.2 Å². The third-order valence-electron chi connectivity index (χ3n) is 4.09. The molecule has 0 bridgehead atoms. The summed E-state index contributed by atoms with van der Waals surface area (Å²) in [6.07, 6.45) is 2.50. The molecule has 0 fully saturated rings. The Morgan fingerprint density at radius 3 is 2.85 bits per heavy atom. The number of hydrogen-bond acceptors (Lipinski definition) is 4. The minimum absolute atomic E-state index is 0.199. The van der Waals surface area contributed by atoms with Crippen molar-refractivity contribution in [1.29, 1.82) is 0 Å². The van der Waals surface area contributed by atoms with Crippen molar-refractivity contribution in [2.24, 2.45) is 0 Å². The van der Waals surface area contributed by atoms with Crippen molar-refractivity contribution in [3.8, 4) is 5.75 Å². The zero-order valence-corrected chi connectivity index (χ0v) is 14.7. The van der Waals surface area contributed by atoms with Gasteiger partial charge in [-0.1, -0.05) is 13.3 Å². The lowest BCUT2D eigenvalue weighted by atomic mass is 10.0. The summed E-state index contributed by atoms with van der Waals surface area (Å²) in [4.78, 5) is 23.0. The first-order valence-corrected chi connectivity index (χ1v) is 8.76. The maximum Gasteiger partial charge on any atom is 0.255 e. The van der Waals surface area contributed by atoms with Crippen LogP contribution < -0.4 is 10.2 Å². The van der Waals surface area contributed by atoms with Crippen LogP contribution in [0.25, 0.3) is 0 Å². The molecule has 3 rings (SSSR count). The molecule has 1 aliphatic heterocycles. The second-order valence-electron chi connectivity index (χ2n) is 6.22. The zero-order valence-electron chi connectivity index (χ0n) is 14.7. The van der Waals surface area contributed by atoms with Gasteiger partial charge in [-0.25, -0.2) is 4.39 Å². The number of benzene rings is 2. The van der Waals surface area contributed by atoms with Crippen molar-refractivity contribution in [1.82, 2.24) is 0 Å². The topological polar surface area (TPSA) is 56.8 Å². The molecular weight excluding hydrogens is 337 g/mol. The van der Waals surface area contributed by atoms with E-state index in [0.717, 1.165) is 18.4 Å². The number of ether oxygens (including phenoxy) is 1. The van der Waals surface area contributed by atoms with Crippen molar-refractivity contribution < 1.29 is 23.7 Å². The van der Waals surface area contributed by atoms with Crippen LogP contribution in [0.5, 0.6) is 5.75 Å². The smallest absolute Gasteiger partial charge is 0.255 e. The molecule has 1 aliphatic rings. The number of nitrogens with one attached hydrogen (secondary N) is 1. The summed E-state index contributed by atoms with van der Waals surface area (Å²) in [6, 6.07) is 10.8. The van der Waals surface area contributed by atoms with E-state index < -0.39 is 0 Å². The van der Waals surface area contributed by atoms with Gasteiger partial charge in [-0.15, -0.1) is 0 Å². The molecule has 26 heavy (non-hydrogen) atoms. The lowest BCUT2D eigenvalue weighted by Crippen LogP contribution is -2.29. The Morgan fingerprint density at radius 2 is 2.08 bits per heavy atom. The van der Waals surface area contributed by atoms with E-state index in [1.165, 1.54) is 24.3 Å². The van der Waals surface area contributed by atoms with Crippen LogP contribution in [0, 0.1) is 5.82 Å². The molecule has 1 amide bonds. The van der Waals surface area contributed by atoms with Gasteiger partial charge < -0.3 is 14.9 Å². The van der Waals surface area contributed by atoms with Gasteiger partial charge in [0.05, 0.1) is 6.61 Å². The summed E-state index contributed by atoms with van der Waals surface area (Å²) >= 11 is 0. The molecule has 1 unspecified atom stereocenters. The molecule has 6 heteroatoms. The largest absolute Gasteiger partial charge is 0.379 e. The Balaban J connectivity index is 1.62. The minimum atomic E-state index is -0.346. The van der Waals surface area contributed by atoms with Crippen LogP contribution in [0.3, 0.4) is 0 Å². The fraction of sp³-hybridized carbons (Fsp3) is 0.350. The minimum Gasteiger partial charge on any atom is -0.379 e. The summed E-state index contributed by atoms with van der Waals surface area (Å²) in [5.41, 5.74) is 1.94. The van der Waals surface area contributed by atoms with Gasteiger partial charge in [0.25, 0.3) is 5.91 Å². The molecule has 2 aromatic carbocycles. The van der Waals surface area contributed by atoms with E-state index in [1.807, 2.05) is 0 Å². The van der Waals surface area contributed by atoms with E-state index >= 15 is 0 Å². The first-order chi connectivity index (χ1) is 12.7. The SMILES string of the molecule is CCCCOCC1Cc2cc(C(=O)Nc3ccc(F)cc3)ccc2OO1. The summed E-state index contributed by atoms with van der Waals surface area (Å²) in [5, 5.41) is 2.75. The third-order valence-corrected chi connectivity index (χ3v) is 4.09. The molecule has 0 spiro atoms. The highest BCUT2D eigenvalue weighted by molar-refractivity contribution is 6.04. The lowest BCUT2D eigenvalue weighted by Gasteiger charge is -2.24. The molecular formula is C20H22FNO4. The second kappa shape index (κ2) is 8.78. The zero-order chi connectivity index (χ0) is 18.4. The molecule has 1 atom stereocenters. The average Bonchev–Trinajstić information content (AvgIpc) is 2.66. The maximum atomic E-state index is 13.0. The van der Waals surface area contributed by atoms with E-state index in [2.05, 4.69) is 12.2 Å². The standard InChI is InChI=1S/C20H22FNO4/c1-2-3-10-24-13-18-12-15-11-14(4-9-19(15)26-25-18)20(23)22-17-7-5-16(21)6-8-17/h4-9,11,18H,2-3,10,12-13H2,1H3,(H,22,23). The quantitative estimate of drug-likeness (QED) is 0.597. The number of rotatable bonds is 7. The molecule has 138 valence electrons. The van der Waals surface area contributed by atoms with Gasteiger partial charge in [0.15, 0.2) is 5.75 Å². The first-order valence-electron chi connectivity index (χ1n) is 8.76. The van der Waals surface area contributed by atoms with E-state index in [1.54, 1.807) is 18.2 Å².